The molecule has 0 amide bonds. The first-order valence-corrected chi connectivity index (χ1v) is 11.0. The van der Waals surface area contributed by atoms with E-state index in [-0.39, 0.29) is 29.4 Å². The van der Waals surface area contributed by atoms with Crippen LogP contribution in [0.15, 0.2) is 42.6 Å². The number of rotatable bonds is 5. The molecule has 1 aliphatic rings. The Morgan fingerprint density at radius 2 is 2.06 bits per heavy atom. The van der Waals surface area contributed by atoms with Crippen molar-refractivity contribution in [1.29, 1.82) is 0 Å². The predicted octanol–water partition coefficient (Wildman–Crippen LogP) is 4.85. The second-order valence-corrected chi connectivity index (χ2v) is 8.21. The summed E-state index contributed by atoms with van der Waals surface area (Å²) in [5, 5.41) is 2.22. The maximum absolute atomic E-state index is 16.0. The highest BCUT2D eigenvalue weighted by Crippen LogP contribution is 2.37. The first-order chi connectivity index (χ1) is 16.0. The monoisotopic (exact) mass is 468 g/mol. The lowest BCUT2D eigenvalue weighted by atomic mass is 10.00. The van der Waals surface area contributed by atoms with Gasteiger partial charge in [-0.05, 0) is 41.4 Å². The fourth-order valence-electron chi connectivity index (χ4n) is 4.14. The summed E-state index contributed by atoms with van der Waals surface area (Å²) in [7, 11) is 1.54. The Bertz CT molecular complexity index is 1340. The van der Waals surface area contributed by atoms with Crippen molar-refractivity contribution in [2.24, 2.45) is 0 Å². The smallest absolute Gasteiger partial charge is 0.225 e. The lowest BCUT2D eigenvalue weighted by molar-refractivity contribution is 0.0512. The third-order valence-electron chi connectivity index (χ3n) is 5.61. The van der Waals surface area contributed by atoms with Gasteiger partial charge in [-0.25, -0.2) is 9.37 Å². The van der Waals surface area contributed by atoms with E-state index in [9.17, 15) is 0 Å². The molecule has 170 valence electrons. The number of morpholine rings is 1. The van der Waals surface area contributed by atoms with Crippen molar-refractivity contribution in [1.82, 2.24) is 15.0 Å². The van der Waals surface area contributed by atoms with E-state index in [1.807, 2.05) is 42.2 Å². The van der Waals surface area contributed by atoms with Crippen molar-refractivity contribution in [3.63, 3.8) is 0 Å². The number of aromatic nitrogens is 3. The molecule has 1 atom stereocenters. The molecule has 0 radical (unpaired) electrons. The molecule has 4 aromatic rings. The van der Waals surface area contributed by atoms with Crippen molar-refractivity contribution < 1.29 is 18.6 Å². The van der Waals surface area contributed by atoms with Crippen LogP contribution in [0.25, 0.3) is 32.9 Å². The fourth-order valence-corrected chi connectivity index (χ4v) is 4.31. The van der Waals surface area contributed by atoms with Gasteiger partial charge in [-0.3, -0.25) is 4.98 Å². The lowest BCUT2D eigenvalue weighted by Crippen LogP contribution is -2.41. The van der Waals surface area contributed by atoms with Crippen LogP contribution in [0.2, 0.25) is 5.28 Å². The summed E-state index contributed by atoms with van der Waals surface area (Å²) in [6.07, 6.45) is 1.64. The van der Waals surface area contributed by atoms with Crippen LogP contribution in [0, 0.1) is 5.82 Å². The number of hydrogen-bond donors (Lipinski definition) is 0. The largest absolute Gasteiger partial charge is 0.468 e. The zero-order chi connectivity index (χ0) is 22.9. The fraction of sp³-hybridized carbons (Fsp3) is 0.292. The minimum Gasteiger partial charge on any atom is -0.468 e. The number of methoxy groups -OCH3 is 1. The zero-order valence-corrected chi connectivity index (χ0v) is 19.0. The zero-order valence-electron chi connectivity index (χ0n) is 18.2. The maximum Gasteiger partial charge on any atom is 0.225 e. The Morgan fingerprint density at radius 1 is 1.21 bits per heavy atom. The summed E-state index contributed by atoms with van der Waals surface area (Å²) in [6, 6.07) is 11.3. The molecule has 7 nitrogen and oxygen atoms in total. The Labute approximate surface area is 195 Å². The van der Waals surface area contributed by atoms with Crippen LogP contribution in [0.5, 0.6) is 5.75 Å². The van der Waals surface area contributed by atoms with Crippen molar-refractivity contribution in [3.05, 3.63) is 53.7 Å². The van der Waals surface area contributed by atoms with Gasteiger partial charge in [0.2, 0.25) is 5.28 Å². The van der Waals surface area contributed by atoms with E-state index in [0.29, 0.717) is 42.2 Å². The predicted molar refractivity (Wildman–Crippen MR) is 125 cm³/mol. The highest BCUT2D eigenvalue weighted by atomic mass is 35.5. The number of ether oxygens (including phenoxy) is 3. The first kappa shape index (κ1) is 21.8. The molecule has 3 heterocycles. The van der Waals surface area contributed by atoms with E-state index in [4.69, 9.17) is 25.8 Å². The quantitative estimate of drug-likeness (QED) is 0.306. The maximum atomic E-state index is 16.0. The van der Waals surface area contributed by atoms with Gasteiger partial charge in [-0.15, -0.1) is 0 Å². The molecule has 9 heteroatoms. The average molecular weight is 469 g/mol. The minimum atomic E-state index is -0.562. The van der Waals surface area contributed by atoms with E-state index in [1.54, 1.807) is 19.4 Å². The van der Waals surface area contributed by atoms with Gasteiger partial charge in [0.25, 0.3) is 0 Å². The van der Waals surface area contributed by atoms with Crippen LogP contribution in [0.4, 0.5) is 10.2 Å². The summed E-state index contributed by atoms with van der Waals surface area (Å²) in [5.74, 6) is 0.545. The molecule has 0 spiro atoms. The standard InChI is InChI=1S/C24H22ClFN4O3/c1-14-12-30(7-8-32-14)23-19-11-27-21(20(26)22(19)28-24(25)29-23)18-10-16(33-13-31-2)9-15-5-3-4-6-17(15)18/h3-6,9-11,14H,7-8,12-13H2,1-2H3. The second-order valence-electron chi connectivity index (χ2n) is 7.87. The van der Waals surface area contributed by atoms with E-state index in [0.717, 1.165) is 10.8 Å². The third-order valence-corrected chi connectivity index (χ3v) is 5.78. The number of nitrogens with zero attached hydrogens (tertiary/aromatic N) is 4. The van der Waals surface area contributed by atoms with Crippen LogP contribution in [0.3, 0.4) is 0 Å². The molecule has 1 unspecified atom stereocenters. The van der Waals surface area contributed by atoms with Crippen LogP contribution >= 0.6 is 11.6 Å². The molecule has 2 aromatic heterocycles. The van der Waals surface area contributed by atoms with Gasteiger partial charge in [0.05, 0.1) is 18.1 Å². The molecule has 0 saturated carbocycles. The van der Waals surface area contributed by atoms with Crippen LogP contribution in [-0.4, -0.2) is 54.7 Å². The number of anilines is 1. The highest BCUT2D eigenvalue weighted by Gasteiger charge is 2.24. The lowest BCUT2D eigenvalue weighted by Gasteiger charge is -2.32. The van der Waals surface area contributed by atoms with Gasteiger partial charge in [-0.2, -0.15) is 4.98 Å². The van der Waals surface area contributed by atoms with Crippen molar-refractivity contribution in [3.8, 4) is 17.0 Å². The van der Waals surface area contributed by atoms with Gasteiger partial charge in [0.15, 0.2) is 12.6 Å². The first-order valence-electron chi connectivity index (χ1n) is 10.6. The molecular weight excluding hydrogens is 447 g/mol. The molecule has 33 heavy (non-hydrogen) atoms. The van der Waals surface area contributed by atoms with Crippen LogP contribution in [-0.2, 0) is 9.47 Å². The third kappa shape index (κ3) is 4.17. The molecule has 5 rings (SSSR count). The Hall–Kier alpha value is -3.07. The van der Waals surface area contributed by atoms with E-state index in [1.165, 1.54) is 0 Å². The molecule has 2 aromatic carbocycles. The number of halogens is 2. The Morgan fingerprint density at radius 3 is 2.88 bits per heavy atom. The molecule has 1 fully saturated rings. The van der Waals surface area contributed by atoms with Crippen molar-refractivity contribution in [2.45, 2.75) is 13.0 Å². The summed E-state index contributed by atoms with van der Waals surface area (Å²) < 4.78 is 32.2. The molecular formula is C24H22ClFN4O3. The van der Waals surface area contributed by atoms with E-state index < -0.39 is 5.82 Å². The Kier molecular flexibility index (Phi) is 5.97. The van der Waals surface area contributed by atoms with Gasteiger partial charge in [-0.1, -0.05) is 24.3 Å². The average Bonchev–Trinajstić information content (AvgIpc) is 2.82. The van der Waals surface area contributed by atoms with Crippen LogP contribution in [0.1, 0.15) is 6.92 Å². The summed E-state index contributed by atoms with van der Waals surface area (Å²) in [5.41, 5.74) is 0.883. The van der Waals surface area contributed by atoms with Gasteiger partial charge in [0, 0.05) is 32.0 Å². The SMILES string of the molecule is COCOc1cc(-c2ncc3c(N4CCOC(C)C4)nc(Cl)nc3c2F)c2ccccc2c1. The molecule has 0 aliphatic carbocycles. The topological polar surface area (TPSA) is 69.6 Å². The van der Waals surface area contributed by atoms with Crippen LogP contribution < -0.4 is 9.64 Å². The molecule has 0 bridgehead atoms. The summed E-state index contributed by atoms with van der Waals surface area (Å²) >= 11 is 6.23. The van der Waals surface area contributed by atoms with E-state index in [2.05, 4.69) is 15.0 Å². The molecule has 0 N–H and O–H groups in total. The van der Waals surface area contributed by atoms with Crippen molar-refractivity contribution in [2.75, 3.05) is 38.5 Å². The number of hydrogen-bond acceptors (Lipinski definition) is 7. The molecule has 1 saturated heterocycles. The highest BCUT2D eigenvalue weighted by molar-refractivity contribution is 6.28. The normalized spacial score (nSPS) is 16.5. The number of pyridine rings is 1. The number of benzene rings is 2. The van der Waals surface area contributed by atoms with Gasteiger partial charge < -0.3 is 19.1 Å². The number of fused-ring (bicyclic) bond motifs is 2. The molecule has 1 aliphatic heterocycles. The summed E-state index contributed by atoms with van der Waals surface area (Å²) in [6.45, 7) is 3.86. The van der Waals surface area contributed by atoms with Gasteiger partial charge in [0.1, 0.15) is 22.8 Å². The Balaban J connectivity index is 1.69. The summed E-state index contributed by atoms with van der Waals surface area (Å²) in [4.78, 5) is 15.1. The minimum absolute atomic E-state index is 0.0188. The second kappa shape index (κ2) is 9.05. The van der Waals surface area contributed by atoms with E-state index >= 15 is 4.39 Å². The van der Waals surface area contributed by atoms with Gasteiger partial charge >= 0.3 is 0 Å². The van der Waals surface area contributed by atoms with Crippen molar-refractivity contribution >= 4 is 39.1 Å².